The molecule has 0 fully saturated rings. The van der Waals surface area contributed by atoms with Crippen LogP contribution in [0.25, 0.3) is 11.4 Å². The standard InChI is InChI=1S/C12H14N2O/c1-8-6-10(15-3)4-5-11(8)12-13-7-9(2)14-12/h4-7H,1-3H3,(H,13,14). The van der Waals surface area contributed by atoms with Gasteiger partial charge in [0.25, 0.3) is 0 Å². The first-order valence-electron chi connectivity index (χ1n) is 4.87. The van der Waals surface area contributed by atoms with E-state index in [0.717, 1.165) is 28.4 Å². The van der Waals surface area contributed by atoms with Crippen LogP contribution in [0.3, 0.4) is 0 Å². The van der Waals surface area contributed by atoms with Crippen LogP contribution in [-0.2, 0) is 0 Å². The Kier molecular flexibility index (Phi) is 2.46. The van der Waals surface area contributed by atoms with E-state index in [0.29, 0.717) is 0 Å². The summed E-state index contributed by atoms with van der Waals surface area (Å²) in [6.45, 7) is 4.05. The maximum atomic E-state index is 5.16. The maximum absolute atomic E-state index is 5.16. The Balaban J connectivity index is 2.45. The van der Waals surface area contributed by atoms with E-state index in [1.807, 2.05) is 31.3 Å². The summed E-state index contributed by atoms with van der Waals surface area (Å²) in [5.41, 5.74) is 3.34. The number of ether oxygens (including phenoxy) is 1. The zero-order chi connectivity index (χ0) is 10.8. The fourth-order valence-electron chi connectivity index (χ4n) is 1.58. The summed E-state index contributed by atoms with van der Waals surface area (Å²) >= 11 is 0. The van der Waals surface area contributed by atoms with Crippen LogP contribution in [0, 0.1) is 13.8 Å². The number of H-pyrrole nitrogens is 1. The van der Waals surface area contributed by atoms with Crippen molar-refractivity contribution in [2.24, 2.45) is 0 Å². The van der Waals surface area contributed by atoms with Gasteiger partial charge in [0.05, 0.1) is 7.11 Å². The number of methoxy groups -OCH3 is 1. The zero-order valence-electron chi connectivity index (χ0n) is 9.16. The van der Waals surface area contributed by atoms with Crippen LogP contribution in [0.1, 0.15) is 11.3 Å². The van der Waals surface area contributed by atoms with Gasteiger partial charge < -0.3 is 9.72 Å². The van der Waals surface area contributed by atoms with Crippen molar-refractivity contribution in [1.82, 2.24) is 9.97 Å². The number of hydrogen-bond acceptors (Lipinski definition) is 2. The van der Waals surface area contributed by atoms with Crippen molar-refractivity contribution in [3.63, 3.8) is 0 Å². The highest BCUT2D eigenvalue weighted by atomic mass is 16.5. The number of imidazole rings is 1. The third-order valence-corrected chi connectivity index (χ3v) is 2.39. The minimum atomic E-state index is 0.875. The molecule has 0 aliphatic heterocycles. The largest absolute Gasteiger partial charge is 0.497 e. The average molecular weight is 202 g/mol. The van der Waals surface area contributed by atoms with Crippen LogP contribution in [0.5, 0.6) is 5.75 Å². The monoisotopic (exact) mass is 202 g/mol. The molecule has 0 aliphatic carbocycles. The maximum Gasteiger partial charge on any atom is 0.137 e. The van der Waals surface area contributed by atoms with E-state index in [-0.39, 0.29) is 0 Å². The van der Waals surface area contributed by atoms with Gasteiger partial charge in [0.2, 0.25) is 0 Å². The second kappa shape index (κ2) is 3.77. The molecule has 78 valence electrons. The molecule has 3 nitrogen and oxygen atoms in total. The fraction of sp³-hybridized carbons (Fsp3) is 0.250. The van der Waals surface area contributed by atoms with Crippen molar-refractivity contribution in [3.8, 4) is 17.1 Å². The molecular weight excluding hydrogens is 188 g/mol. The van der Waals surface area contributed by atoms with E-state index in [2.05, 4.69) is 16.9 Å². The van der Waals surface area contributed by atoms with Crippen molar-refractivity contribution in [1.29, 1.82) is 0 Å². The first-order valence-corrected chi connectivity index (χ1v) is 4.87. The first-order chi connectivity index (χ1) is 7.20. The molecule has 0 spiro atoms. The minimum absolute atomic E-state index is 0.875. The third kappa shape index (κ3) is 1.86. The summed E-state index contributed by atoms with van der Waals surface area (Å²) in [7, 11) is 1.67. The van der Waals surface area contributed by atoms with Crippen molar-refractivity contribution in [2.45, 2.75) is 13.8 Å². The summed E-state index contributed by atoms with van der Waals surface area (Å²) in [4.78, 5) is 7.52. The van der Waals surface area contributed by atoms with E-state index >= 15 is 0 Å². The number of nitrogens with zero attached hydrogens (tertiary/aromatic N) is 1. The Hall–Kier alpha value is -1.77. The molecule has 0 aliphatic rings. The van der Waals surface area contributed by atoms with Crippen molar-refractivity contribution >= 4 is 0 Å². The predicted molar refractivity (Wildman–Crippen MR) is 60.0 cm³/mol. The van der Waals surface area contributed by atoms with E-state index < -0.39 is 0 Å². The lowest BCUT2D eigenvalue weighted by molar-refractivity contribution is 0.414. The summed E-state index contributed by atoms with van der Waals surface area (Å²) < 4.78 is 5.16. The zero-order valence-corrected chi connectivity index (χ0v) is 9.16. The quantitative estimate of drug-likeness (QED) is 0.813. The van der Waals surface area contributed by atoms with Crippen LogP contribution in [-0.4, -0.2) is 17.1 Å². The second-order valence-electron chi connectivity index (χ2n) is 3.60. The Morgan fingerprint density at radius 3 is 2.60 bits per heavy atom. The second-order valence-corrected chi connectivity index (χ2v) is 3.60. The van der Waals surface area contributed by atoms with Gasteiger partial charge in [-0.3, -0.25) is 0 Å². The van der Waals surface area contributed by atoms with Gasteiger partial charge in [-0.15, -0.1) is 0 Å². The summed E-state index contributed by atoms with van der Waals surface area (Å²) in [6, 6.07) is 5.97. The number of rotatable bonds is 2. The Morgan fingerprint density at radius 1 is 1.27 bits per heavy atom. The molecule has 1 N–H and O–H groups in total. The Morgan fingerprint density at radius 2 is 2.07 bits per heavy atom. The minimum Gasteiger partial charge on any atom is -0.497 e. The number of aromatic nitrogens is 2. The van der Waals surface area contributed by atoms with Crippen molar-refractivity contribution in [2.75, 3.05) is 7.11 Å². The first kappa shape index (κ1) is 9.77. The van der Waals surface area contributed by atoms with Gasteiger partial charge in [-0.05, 0) is 37.6 Å². The molecular formula is C12H14N2O. The summed E-state index contributed by atoms with van der Waals surface area (Å²) in [5.74, 6) is 1.78. The highest BCUT2D eigenvalue weighted by molar-refractivity contribution is 5.61. The SMILES string of the molecule is COc1ccc(-c2ncc(C)[nH]2)c(C)c1. The van der Waals surface area contributed by atoms with Crippen molar-refractivity contribution < 1.29 is 4.74 Å². The Labute approximate surface area is 89.1 Å². The number of aromatic amines is 1. The van der Waals surface area contributed by atoms with Crippen LogP contribution in [0.15, 0.2) is 24.4 Å². The molecule has 15 heavy (non-hydrogen) atoms. The molecule has 0 amide bonds. The smallest absolute Gasteiger partial charge is 0.137 e. The van der Waals surface area contributed by atoms with Gasteiger partial charge in [0.15, 0.2) is 0 Å². The topological polar surface area (TPSA) is 37.9 Å². The lowest BCUT2D eigenvalue weighted by Gasteiger charge is -2.05. The van der Waals surface area contributed by atoms with E-state index in [9.17, 15) is 0 Å². The van der Waals surface area contributed by atoms with E-state index in [1.165, 1.54) is 0 Å². The van der Waals surface area contributed by atoms with Gasteiger partial charge >= 0.3 is 0 Å². The van der Waals surface area contributed by atoms with Gasteiger partial charge in [0.1, 0.15) is 11.6 Å². The summed E-state index contributed by atoms with van der Waals surface area (Å²) in [6.07, 6.45) is 1.83. The molecule has 1 aromatic heterocycles. The average Bonchev–Trinajstić information content (AvgIpc) is 2.64. The normalized spacial score (nSPS) is 10.3. The number of aryl methyl sites for hydroxylation is 2. The molecule has 3 heteroatoms. The summed E-state index contributed by atoms with van der Waals surface area (Å²) in [5, 5.41) is 0. The van der Waals surface area contributed by atoms with Crippen LogP contribution >= 0.6 is 0 Å². The van der Waals surface area contributed by atoms with Crippen LogP contribution in [0.2, 0.25) is 0 Å². The molecule has 2 rings (SSSR count). The van der Waals surface area contributed by atoms with Crippen molar-refractivity contribution in [3.05, 3.63) is 35.7 Å². The molecule has 0 saturated heterocycles. The molecule has 0 saturated carbocycles. The van der Waals surface area contributed by atoms with Gasteiger partial charge in [-0.1, -0.05) is 0 Å². The van der Waals surface area contributed by atoms with E-state index in [1.54, 1.807) is 7.11 Å². The highest BCUT2D eigenvalue weighted by Crippen LogP contribution is 2.24. The number of hydrogen-bond donors (Lipinski definition) is 1. The molecule has 0 atom stereocenters. The van der Waals surface area contributed by atoms with Gasteiger partial charge in [-0.25, -0.2) is 4.98 Å². The third-order valence-electron chi connectivity index (χ3n) is 2.39. The van der Waals surface area contributed by atoms with Crippen LogP contribution in [0.4, 0.5) is 0 Å². The highest BCUT2D eigenvalue weighted by Gasteiger charge is 2.05. The van der Waals surface area contributed by atoms with Gasteiger partial charge in [0, 0.05) is 17.5 Å². The molecule has 0 unspecified atom stereocenters. The Bertz CT molecular complexity index is 474. The lowest BCUT2D eigenvalue weighted by atomic mass is 10.1. The number of nitrogens with one attached hydrogen (secondary N) is 1. The van der Waals surface area contributed by atoms with E-state index in [4.69, 9.17) is 4.74 Å². The van der Waals surface area contributed by atoms with Gasteiger partial charge in [-0.2, -0.15) is 0 Å². The molecule has 0 bridgehead atoms. The molecule has 1 heterocycles. The lowest BCUT2D eigenvalue weighted by Crippen LogP contribution is -1.88. The molecule has 2 aromatic rings. The van der Waals surface area contributed by atoms with Crippen LogP contribution < -0.4 is 4.74 Å². The number of benzene rings is 1. The molecule has 1 aromatic carbocycles. The predicted octanol–water partition coefficient (Wildman–Crippen LogP) is 2.70. The fourth-order valence-corrected chi connectivity index (χ4v) is 1.58. The molecule has 0 radical (unpaired) electrons.